The molecule has 0 radical (unpaired) electrons. The number of nitrogens with zero attached hydrogens (tertiary/aromatic N) is 3. The van der Waals surface area contributed by atoms with Crippen LogP contribution in [0.25, 0.3) is 5.69 Å². The molecule has 0 bridgehead atoms. The average molecular weight is 394 g/mol. The predicted octanol–water partition coefficient (Wildman–Crippen LogP) is 3.44. The van der Waals surface area contributed by atoms with Gasteiger partial charge in [-0.15, -0.1) is 0 Å². The van der Waals surface area contributed by atoms with Crippen LogP contribution in [-0.4, -0.2) is 39.6 Å². The van der Waals surface area contributed by atoms with Gasteiger partial charge in [0.15, 0.2) is 5.60 Å². The van der Waals surface area contributed by atoms with E-state index in [0.717, 1.165) is 11.3 Å². The highest BCUT2D eigenvalue weighted by Gasteiger charge is 2.51. The molecule has 0 saturated carbocycles. The van der Waals surface area contributed by atoms with Crippen LogP contribution in [0, 0.1) is 0 Å². The topological polar surface area (TPSA) is 64.4 Å². The molecule has 1 amide bonds. The lowest BCUT2D eigenvalue weighted by molar-refractivity contribution is -0.00306. The van der Waals surface area contributed by atoms with E-state index in [1.54, 1.807) is 34.0 Å². The maximum absolute atomic E-state index is 13.1. The van der Waals surface area contributed by atoms with E-state index in [0.29, 0.717) is 35.7 Å². The number of aromatic nitrogens is 2. The van der Waals surface area contributed by atoms with Gasteiger partial charge in [0.2, 0.25) is 0 Å². The fraction of sp³-hybridized carbons (Fsp3) is 0.190. The highest BCUT2D eigenvalue weighted by atomic mass is 35.5. The molecule has 1 spiro atoms. The number of carbonyl (C=O) groups is 2. The van der Waals surface area contributed by atoms with Crippen molar-refractivity contribution in [2.24, 2.45) is 0 Å². The average Bonchev–Trinajstić information content (AvgIpc) is 3.43. The van der Waals surface area contributed by atoms with E-state index in [1.165, 1.54) is 0 Å². The summed E-state index contributed by atoms with van der Waals surface area (Å²) in [7, 11) is 0. The predicted molar refractivity (Wildman–Crippen MR) is 103 cm³/mol. The second-order valence-corrected chi connectivity index (χ2v) is 7.43. The van der Waals surface area contributed by atoms with Gasteiger partial charge in [0.05, 0.1) is 28.4 Å². The number of carbonyl (C=O) groups excluding carboxylic acids is 2. The third kappa shape index (κ3) is 2.52. The maximum Gasteiger partial charge on any atom is 0.339 e. The molecule has 1 saturated heterocycles. The molecule has 1 fully saturated rings. The van der Waals surface area contributed by atoms with E-state index >= 15 is 0 Å². The van der Waals surface area contributed by atoms with Crippen LogP contribution >= 0.6 is 11.6 Å². The van der Waals surface area contributed by atoms with Crippen molar-refractivity contribution in [3.63, 3.8) is 0 Å². The lowest BCUT2D eigenvalue weighted by atomic mass is 9.91. The number of amides is 1. The first-order valence-corrected chi connectivity index (χ1v) is 9.37. The van der Waals surface area contributed by atoms with Gasteiger partial charge in [-0.3, -0.25) is 4.79 Å². The number of hydrogen-bond donors (Lipinski definition) is 0. The second kappa shape index (κ2) is 6.21. The number of rotatable bonds is 2. The van der Waals surface area contributed by atoms with E-state index in [1.807, 2.05) is 36.5 Å². The fourth-order valence-corrected chi connectivity index (χ4v) is 4.27. The molecular weight excluding hydrogens is 378 g/mol. The van der Waals surface area contributed by atoms with Crippen LogP contribution in [0.4, 0.5) is 0 Å². The van der Waals surface area contributed by atoms with Crippen molar-refractivity contribution in [3.8, 4) is 5.69 Å². The monoisotopic (exact) mass is 393 g/mol. The Labute approximate surface area is 166 Å². The molecular formula is C21H16ClN3O3. The van der Waals surface area contributed by atoms with Crippen LogP contribution < -0.4 is 0 Å². The van der Waals surface area contributed by atoms with Crippen molar-refractivity contribution in [2.45, 2.75) is 12.0 Å². The largest absolute Gasteiger partial charge is 0.449 e. The number of ether oxygens (including phenoxy) is 1. The van der Waals surface area contributed by atoms with Crippen LogP contribution in [0.5, 0.6) is 0 Å². The zero-order valence-electron chi connectivity index (χ0n) is 14.8. The molecule has 5 rings (SSSR count). The highest BCUT2D eigenvalue weighted by Crippen LogP contribution is 2.43. The Hall–Kier alpha value is -3.12. The van der Waals surface area contributed by atoms with Crippen molar-refractivity contribution >= 4 is 23.5 Å². The van der Waals surface area contributed by atoms with Crippen LogP contribution in [0.2, 0.25) is 5.02 Å². The minimum Gasteiger partial charge on any atom is -0.449 e. The normalized spacial score (nSPS) is 20.5. The summed E-state index contributed by atoms with van der Waals surface area (Å²) >= 11 is 6.40. The number of halogens is 1. The lowest BCUT2D eigenvalue weighted by Crippen LogP contribution is -2.34. The van der Waals surface area contributed by atoms with E-state index in [-0.39, 0.29) is 11.9 Å². The Balaban J connectivity index is 1.41. The summed E-state index contributed by atoms with van der Waals surface area (Å²) in [6.07, 6.45) is 4.06. The number of hydrogen-bond acceptors (Lipinski definition) is 4. The first-order valence-electron chi connectivity index (χ1n) is 8.99. The number of benzene rings is 2. The summed E-state index contributed by atoms with van der Waals surface area (Å²) < 4.78 is 7.40. The lowest BCUT2D eigenvalue weighted by Gasteiger charge is -2.24. The summed E-state index contributed by atoms with van der Waals surface area (Å²) in [5.41, 5.74) is 1.88. The molecule has 7 heteroatoms. The van der Waals surface area contributed by atoms with Gasteiger partial charge < -0.3 is 9.64 Å². The standard InChI is InChI=1S/C21H16ClN3O3/c22-18-12-14(25-10-3-9-23-25)6-7-16(18)19(26)24-11-8-21(13-24)17-5-2-1-4-15(17)20(27)28-21/h1-7,9-10,12H,8,11,13H2/t21-/m0/s1. The van der Waals surface area contributed by atoms with E-state index in [2.05, 4.69) is 5.10 Å². The molecule has 3 aromatic rings. The Kier molecular flexibility index (Phi) is 3.77. The van der Waals surface area contributed by atoms with Crippen molar-refractivity contribution in [2.75, 3.05) is 13.1 Å². The van der Waals surface area contributed by atoms with Crippen molar-refractivity contribution in [3.05, 3.63) is 82.6 Å². The van der Waals surface area contributed by atoms with E-state index in [9.17, 15) is 9.59 Å². The molecule has 1 atom stereocenters. The first kappa shape index (κ1) is 17.0. The smallest absolute Gasteiger partial charge is 0.339 e. The van der Waals surface area contributed by atoms with Gasteiger partial charge in [-0.25, -0.2) is 9.48 Å². The maximum atomic E-state index is 13.1. The number of fused-ring (bicyclic) bond motifs is 2. The summed E-state index contributed by atoms with van der Waals surface area (Å²) in [4.78, 5) is 27.0. The summed E-state index contributed by atoms with van der Waals surface area (Å²) in [5.74, 6) is -0.499. The van der Waals surface area contributed by atoms with Crippen molar-refractivity contribution in [1.29, 1.82) is 0 Å². The summed E-state index contributed by atoms with van der Waals surface area (Å²) in [6, 6.07) is 14.4. The van der Waals surface area contributed by atoms with E-state index in [4.69, 9.17) is 16.3 Å². The Bertz CT molecular complexity index is 1100. The zero-order chi connectivity index (χ0) is 19.3. The number of esters is 1. The van der Waals surface area contributed by atoms with Gasteiger partial charge in [-0.1, -0.05) is 29.8 Å². The highest BCUT2D eigenvalue weighted by molar-refractivity contribution is 6.34. The van der Waals surface area contributed by atoms with Crippen LogP contribution in [0.1, 0.15) is 32.7 Å². The van der Waals surface area contributed by atoms with E-state index < -0.39 is 5.60 Å². The van der Waals surface area contributed by atoms with Crippen molar-refractivity contribution in [1.82, 2.24) is 14.7 Å². The Morgan fingerprint density at radius 3 is 2.82 bits per heavy atom. The molecule has 3 heterocycles. The molecule has 6 nitrogen and oxygen atoms in total. The molecule has 0 aliphatic carbocycles. The quantitative estimate of drug-likeness (QED) is 0.626. The Morgan fingerprint density at radius 1 is 1.18 bits per heavy atom. The van der Waals surface area contributed by atoms with Gasteiger partial charge in [-0.05, 0) is 30.3 Å². The van der Waals surface area contributed by atoms with Crippen LogP contribution in [-0.2, 0) is 10.3 Å². The molecule has 28 heavy (non-hydrogen) atoms. The third-order valence-corrected chi connectivity index (χ3v) is 5.71. The van der Waals surface area contributed by atoms with Crippen LogP contribution in [0.3, 0.4) is 0 Å². The molecule has 0 unspecified atom stereocenters. The van der Waals surface area contributed by atoms with Gasteiger partial charge >= 0.3 is 5.97 Å². The van der Waals surface area contributed by atoms with Crippen LogP contribution in [0.15, 0.2) is 60.9 Å². The van der Waals surface area contributed by atoms with Gasteiger partial charge in [-0.2, -0.15) is 5.10 Å². The van der Waals surface area contributed by atoms with Crippen molar-refractivity contribution < 1.29 is 14.3 Å². The van der Waals surface area contributed by atoms with Gasteiger partial charge in [0.1, 0.15) is 0 Å². The molecule has 140 valence electrons. The molecule has 2 aromatic carbocycles. The fourth-order valence-electron chi connectivity index (χ4n) is 4.02. The summed E-state index contributed by atoms with van der Waals surface area (Å²) in [5, 5.41) is 4.53. The number of likely N-dealkylation sites (tertiary alicyclic amines) is 1. The van der Waals surface area contributed by atoms with Gasteiger partial charge in [0.25, 0.3) is 5.91 Å². The zero-order valence-corrected chi connectivity index (χ0v) is 15.6. The Morgan fingerprint density at radius 2 is 2.04 bits per heavy atom. The molecule has 2 aliphatic rings. The summed E-state index contributed by atoms with van der Waals surface area (Å²) in [6.45, 7) is 0.823. The first-order chi connectivity index (χ1) is 13.6. The minimum atomic E-state index is -0.759. The third-order valence-electron chi connectivity index (χ3n) is 5.40. The minimum absolute atomic E-state index is 0.172. The second-order valence-electron chi connectivity index (χ2n) is 7.02. The van der Waals surface area contributed by atoms with Gasteiger partial charge in [0, 0.05) is 30.9 Å². The molecule has 1 aromatic heterocycles. The SMILES string of the molecule is O=C1O[C@]2(CCN(C(=O)c3ccc(-n4cccn4)cc3Cl)C2)c2ccccc21. The molecule has 2 aliphatic heterocycles. The molecule has 0 N–H and O–H groups in total.